The van der Waals surface area contributed by atoms with Gasteiger partial charge in [-0.2, -0.15) is 0 Å². The highest BCUT2D eigenvalue weighted by Crippen LogP contribution is 2.21. The van der Waals surface area contributed by atoms with E-state index in [2.05, 4.69) is 27.7 Å². The molecule has 2 N–H and O–H groups in total. The summed E-state index contributed by atoms with van der Waals surface area (Å²) in [5.74, 6) is -0.415. The maximum Gasteiger partial charge on any atom is 0.252 e. The van der Waals surface area contributed by atoms with Crippen molar-refractivity contribution in [3.63, 3.8) is 0 Å². The molecule has 2 aromatic rings. The van der Waals surface area contributed by atoms with Crippen LogP contribution in [0.4, 0.5) is 11.4 Å². The molecule has 6 heteroatoms. The minimum absolute atomic E-state index is 0.137. The van der Waals surface area contributed by atoms with Crippen LogP contribution in [-0.4, -0.2) is 31.4 Å². The fraction of sp³-hybridized carbons (Fsp3) is 0.364. The minimum atomic E-state index is -0.278. The van der Waals surface area contributed by atoms with E-state index in [4.69, 9.17) is 11.6 Å². The van der Waals surface area contributed by atoms with Gasteiger partial charge in [-0.25, -0.2) is 0 Å². The summed E-state index contributed by atoms with van der Waals surface area (Å²) in [5, 5.41) is 6.00. The fourth-order valence-electron chi connectivity index (χ4n) is 3.34. The SMILES string of the molecule is O=C(CCNC(=O)c1ccccc1Cl)Nc1ccc(N2CCCCCC2)cc1. The number of hydrogen-bond donors (Lipinski definition) is 2. The summed E-state index contributed by atoms with van der Waals surface area (Å²) in [7, 11) is 0. The van der Waals surface area contributed by atoms with Gasteiger partial charge in [-0.1, -0.05) is 36.6 Å². The molecule has 0 aromatic heterocycles. The van der Waals surface area contributed by atoms with Gasteiger partial charge in [0.1, 0.15) is 0 Å². The standard InChI is InChI=1S/C22H26ClN3O2/c23-20-8-4-3-7-19(20)22(28)24-14-13-21(27)25-17-9-11-18(12-10-17)26-15-5-1-2-6-16-26/h3-4,7-12H,1-2,5-6,13-16H2,(H,24,28)(H,25,27). The highest BCUT2D eigenvalue weighted by molar-refractivity contribution is 6.33. The van der Waals surface area contributed by atoms with Gasteiger partial charge in [0.2, 0.25) is 5.91 Å². The van der Waals surface area contributed by atoms with Crippen LogP contribution in [0.2, 0.25) is 5.02 Å². The number of benzene rings is 2. The van der Waals surface area contributed by atoms with Crippen molar-refractivity contribution in [2.24, 2.45) is 0 Å². The first-order valence-electron chi connectivity index (χ1n) is 9.81. The zero-order valence-corrected chi connectivity index (χ0v) is 16.7. The maximum atomic E-state index is 12.1. The highest BCUT2D eigenvalue weighted by atomic mass is 35.5. The summed E-state index contributed by atoms with van der Waals surface area (Å²) in [4.78, 5) is 26.6. The molecule has 1 aliphatic heterocycles. The predicted molar refractivity (Wildman–Crippen MR) is 114 cm³/mol. The van der Waals surface area contributed by atoms with Crippen LogP contribution in [0.3, 0.4) is 0 Å². The van der Waals surface area contributed by atoms with Crippen LogP contribution < -0.4 is 15.5 Å². The Hall–Kier alpha value is -2.53. The molecule has 2 amide bonds. The van der Waals surface area contributed by atoms with E-state index in [-0.39, 0.29) is 24.8 Å². The largest absolute Gasteiger partial charge is 0.372 e. The third-order valence-corrected chi connectivity index (χ3v) is 5.21. The summed E-state index contributed by atoms with van der Waals surface area (Å²) in [6.45, 7) is 2.44. The predicted octanol–water partition coefficient (Wildman–Crippen LogP) is 4.48. The number of rotatable bonds is 6. The molecule has 3 rings (SSSR count). The number of anilines is 2. The molecule has 1 aliphatic rings. The molecule has 0 aliphatic carbocycles. The lowest BCUT2D eigenvalue weighted by Gasteiger charge is -2.22. The van der Waals surface area contributed by atoms with E-state index in [0.717, 1.165) is 18.8 Å². The van der Waals surface area contributed by atoms with E-state index in [0.29, 0.717) is 10.6 Å². The van der Waals surface area contributed by atoms with Crippen LogP contribution >= 0.6 is 11.6 Å². The molecule has 1 fully saturated rings. The van der Waals surface area contributed by atoms with Gasteiger partial charge in [0, 0.05) is 37.4 Å². The number of amides is 2. The van der Waals surface area contributed by atoms with Crippen LogP contribution in [0.5, 0.6) is 0 Å². The zero-order chi connectivity index (χ0) is 19.8. The van der Waals surface area contributed by atoms with Crippen LogP contribution in [0, 0.1) is 0 Å². The molecular formula is C22H26ClN3O2. The zero-order valence-electron chi connectivity index (χ0n) is 15.9. The van der Waals surface area contributed by atoms with Crippen molar-refractivity contribution in [1.29, 1.82) is 0 Å². The second kappa shape index (κ2) is 10.1. The Morgan fingerprint density at radius 3 is 2.29 bits per heavy atom. The van der Waals surface area contributed by atoms with Gasteiger partial charge < -0.3 is 15.5 Å². The minimum Gasteiger partial charge on any atom is -0.372 e. The van der Waals surface area contributed by atoms with E-state index >= 15 is 0 Å². The average molecular weight is 400 g/mol. The smallest absolute Gasteiger partial charge is 0.252 e. The van der Waals surface area contributed by atoms with E-state index in [9.17, 15) is 9.59 Å². The number of hydrogen-bond acceptors (Lipinski definition) is 3. The van der Waals surface area contributed by atoms with Crippen molar-refractivity contribution in [1.82, 2.24) is 5.32 Å². The molecule has 148 valence electrons. The summed E-state index contributed by atoms with van der Waals surface area (Å²) >= 11 is 6.00. The van der Waals surface area contributed by atoms with Crippen LogP contribution in [0.25, 0.3) is 0 Å². The number of halogens is 1. The first-order valence-corrected chi connectivity index (χ1v) is 10.2. The molecule has 2 aromatic carbocycles. The van der Waals surface area contributed by atoms with Gasteiger partial charge in [0.15, 0.2) is 0 Å². The molecule has 0 spiro atoms. The van der Waals surface area contributed by atoms with Gasteiger partial charge in [-0.15, -0.1) is 0 Å². The van der Waals surface area contributed by atoms with Crippen molar-refractivity contribution in [3.05, 3.63) is 59.1 Å². The lowest BCUT2D eigenvalue weighted by molar-refractivity contribution is -0.116. The Balaban J connectivity index is 1.44. The summed E-state index contributed by atoms with van der Waals surface area (Å²) in [5.41, 5.74) is 2.38. The fourth-order valence-corrected chi connectivity index (χ4v) is 3.56. The van der Waals surface area contributed by atoms with E-state index in [1.165, 1.54) is 31.4 Å². The van der Waals surface area contributed by atoms with Crippen LogP contribution in [-0.2, 0) is 4.79 Å². The molecule has 1 heterocycles. The first kappa shape index (κ1) is 20.2. The Labute approximate surface area is 171 Å². The van der Waals surface area contributed by atoms with Crippen LogP contribution in [0.1, 0.15) is 42.5 Å². The van der Waals surface area contributed by atoms with E-state index in [1.807, 2.05) is 12.1 Å². The number of nitrogens with zero attached hydrogens (tertiary/aromatic N) is 1. The number of nitrogens with one attached hydrogen (secondary N) is 2. The molecule has 0 bridgehead atoms. The Morgan fingerprint density at radius 1 is 0.929 bits per heavy atom. The van der Waals surface area contributed by atoms with Gasteiger partial charge in [0.25, 0.3) is 5.91 Å². The summed E-state index contributed by atoms with van der Waals surface area (Å²) in [6.07, 6.45) is 5.27. The third-order valence-electron chi connectivity index (χ3n) is 4.88. The van der Waals surface area contributed by atoms with E-state index in [1.54, 1.807) is 24.3 Å². The topological polar surface area (TPSA) is 61.4 Å². The normalized spacial score (nSPS) is 14.2. The number of carbonyl (C=O) groups excluding carboxylic acids is 2. The van der Waals surface area contributed by atoms with Crippen LogP contribution in [0.15, 0.2) is 48.5 Å². The molecule has 1 saturated heterocycles. The van der Waals surface area contributed by atoms with Gasteiger partial charge >= 0.3 is 0 Å². The van der Waals surface area contributed by atoms with Crippen molar-refractivity contribution >= 4 is 34.8 Å². The molecule has 0 unspecified atom stereocenters. The maximum absolute atomic E-state index is 12.1. The van der Waals surface area contributed by atoms with Crippen molar-refractivity contribution in [2.45, 2.75) is 32.1 Å². The van der Waals surface area contributed by atoms with Gasteiger partial charge in [-0.05, 0) is 49.2 Å². The number of carbonyl (C=O) groups is 2. The second-order valence-electron chi connectivity index (χ2n) is 6.98. The molecule has 0 radical (unpaired) electrons. The van der Waals surface area contributed by atoms with Crippen molar-refractivity contribution in [3.8, 4) is 0 Å². The molecule has 5 nitrogen and oxygen atoms in total. The molecule has 0 saturated carbocycles. The first-order chi connectivity index (χ1) is 13.6. The molecule has 28 heavy (non-hydrogen) atoms. The Bertz CT molecular complexity index is 800. The highest BCUT2D eigenvalue weighted by Gasteiger charge is 2.11. The second-order valence-corrected chi connectivity index (χ2v) is 7.39. The average Bonchev–Trinajstić information content (AvgIpc) is 2.98. The monoisotopic (exact) mass is 399 g/mol. The summed E-state index contributed by atoms with van der Waals surface area (Å²) in [6, 6.07) is 14.8. The quantitative estimate of drug-likeness (QED) is 0.752. The van der Waals surface area contributed by atoms with Gasteiger partial charge in [-0.3, -0.25) is 9.59 Å². The van der Waals surface area contributed by atoms with E-state index < -0.39 is 0 Å². The molecule has 0 atom stereocenters. The Kier molecular flexibility index (Phi) is 7.31. The van der Waals surface area contributed by atoms with Crippen molar-refractivity contribution in [2.75, 3.05) is 29.9 Å². The van der Waals surface area contributed by atoms with Crippen molar-refractivity contribution < 1.29 is 9.59 Å². The van der Waals surface area contributed by atoms with Gasteiger partial charge in [0.05, 0.1) is 10.6 Å². The Morgan fingerprint density at radius 2 is 1.61 bits per heavy atom. The lowest BCUT2D eigenvalue weighted by Crippen LogP contribution is -2.27. The molecular weight excluding hydrogens is 374 g/mol. The summed E-state index contributed by atoms with van der Waals surface area (Å²) < 4.78 is 0. The third kappa shape index (κ3) is 5.73. The lowest BCUT2D eigenvalue weighted by atomic mass is 10.2.